The van der Waals surface area contributed by atoms with Crippen molar-refractivity contribution in [3.8, 4) is 0 Å². The molecule has 0 aliphatic rings. The van der Waals surface area contributed by atoms with Gasteiger partial charge in [0.1, 0.15) is 0 Å². The average molecular weight is 401 g/mol. The quantitative estimate of drug-likeness (QED) is 0.826. The van der Waals surface area contributed by atoms with Crippen LogP contribution in [0.5, 0.6) is 0 Å². The summed E-state index contributed by atoms with van der Waals surface area (Å²) in [4.78, 5) is 0. The second kappa shape index (κ2) is 6.41. The Bertz CT molecular complexity index is 597. The van der Waals surface area contributed by atoms with Gasteiger partial charge in [-0.25, -0.2) is 0 Å². The first-order valence-electron chi connectivity index (χ1n) is 6.64. The minimum atomic E-state index is 0.123. The largest absolute Gasteiger partial charge is 0.308 e. The van der Waals surface area contributed by atoms with Crippen LogP contribution in [0.1, 0.15) is 35.3 Å². The van der Waals surface area contributed by atoms with Crippen LogP contribution in [0.15, 0.2) is 27.3 Å². The molecule has 108 valence electrons. The summed E-state index contributed by atoms with van der Waals surface area (Å²) in [6.45, 7) is 7.21. The predicted octanol–water partition coefficient (Wildman–Crippen LogP) is 4.35. The molecular formula is C15H19Br2N3. The highest BCUT2D eigenvalue weighted by molar-refractivity contribution is 9.10. The van der Waals surface area contributed by atoms with Gasteiger partial charge < -0.3 is 5.32 Å². The normalized spacial score (nSPS) is 12.7. The lowest BCUT2D eigenvalue weighted by Gasteiger charge is -2.20. The highest BCUT2D eigenvalue weighted by Gasteiger charge is 2.21. The Morgan fingerprint density at radius 3 is 2.35 bits per heavy atom. The standard InChI is InChI=1S/C15H19Br2N3/c1-5-20-15(12(16)8-19-20)14(18-4)11-6-9(2)13(17)10(3)7-11/h6-8,14,18H,5H2,1-4H3. The van der Waals surface area contributed by atoms with E-state index in [4.69, 9.17) is 0 Å². The molecule has 3 nitrogen and oxygen atoms in total. The third-order valence-electron chi connectivity index (χ3n) is 3.49. The molecular weight excluding hydrogens is 382 g/mol. The molecule has 0 saturated heterocycles. The van der Waals surface area contributed by atoms with E-state index in [9.17, 15) is 0 Å². The Morgan fingerprint density at radius 2 is 1.85 bits per heavy atom. The van der Waals surface area contributed by atoms with Crippen LogP contribution >= 0.6 is 31.9 Å². The SMILES string of the molecule is CCn1ncc(Br)c1C(NC)c1cc(C)c(Br)c(C)c1. The number of hydrogen-bond donors (Lipinski definition) is 1. The molecule has 0 spiro atoms. The van der Waals surface area contributed by atoms with Crippen LogP contribution in [0.4, 0.5) is 0 Å². The first-order chi connectivity index (χ1) is 9.49. The van der Waals surface area contributed by atoms with Crippen LogP contribution in [-0.2, 0) is 6.54 Å². The molecule has 0 saturated carbocycles. The Balaban J connectivity index is 2.55. The molecule has 1 aromatic carbocycles. The highest BCUT2D eigenvalue weighted by atomic mass is 79.9. The molecule has 0 bridgehead atoms. The second-order valence-electron chi connectivity index (χ2n) is 4.88. The zero-order chi connectivity index (χ0) is 14.9. The Kier molecular flexibility index (Phi) is 5.04. The van der Waals surface area contributed by atoms with Crippen LogP contribution in [-0.4, -0.2) is 16.8 Å². The van der Waals surface area contributed by atoms with Gasteiger partial charge in [-0.3, -0.25) is 4.68 Å². The summed E-state index contributed by atoms with van der Waals surface area (Å²) in [5.41, 5.74) is 4.91. The van der Waals surface area contributed by atoms with Crippen molar-refractivity contribution in [1.29, 1.82) is 0 Å². The Morgan fingerprint density at radius 1 is 1.25 bits per heavy atom. The van der Waals surface area contributed by atoms with E-state index >= 15 is 0 Å². The zero-order valence-electron chi connectivity index (χ0n) is 12.2. The van der Waals surface area contributed by atoms with Crippen LogP contribution in [0, 0.1) is 13.8 Å². The molecule has 1 aromatic heterocycles. The fraction of sp³-hybridized carbons (Fsp3) is 0.400. The van der Waals surface area contributed by atoms with Gasteiger partial charge in [0.2, 0.25) is 0 Å². The molecule has 1 heterocycles. The summed E-state index contributed by atoms with van der Waals surface area (Å²) in [7, 11) is 1.98. The van der Waals surface area contributed by atoms with Crippen LogP contribution < -0.4 is 5.32 Å². The molecule has 0 radical (unpaired) electrons. The van der Waals surface area contributed by atoms with Crippen molar-refractivity contribution >= 4 is 31.9 Å². The summed E-state index contributed by atoms with van der Waals surface area (Å²) < 4.78 is 4.24. The van der Waals surface area contributed by atoms with Gasteiger partial charge in [0.15, 0.2) is 0 Å². The lowest BCUT2D eigenvalue weighted by molar-refractivity contribution is 0.561. The summed E-state index contributed by atoms with van der Waals surface area (Å²) in [6.07, 6.45) is 1.86. The van der Waals surface area contributed by atoms with Gasteiger partial charge in [0, 0.05) is 11.0 Å². The molecule has 5 heteroatoms. The van der Waals surface area contributed by atoms with Gasteiger partial charge in [-0.05, 0) is 60.4 Å². The maximum absolute atomic E-state index is 4.41. The number of aromatic nitrogens is 2. The van der Waals surface area contributed by atoms with Gasteiger partial charge in [-0.1, -0.05) is 28.1 Å². The molecule has 1 N–H and O–H groups in total. The first kappa shape index (κ1) is 15.7. The average Bonchev–Trinajstić information content (AvgIpc) is 2.78. The molecule has 20 heavy (non-hydrogen) atoms. The van der Waals surface area contributed by atoms with Crippen LogP contribution in [0.3, 0.4) is 0 Å². The molecule has 0 amide bonds. The number of hydrogen-bond acceptors (Lipinski definition) is 2. The molecule has 0 fully saturated rings. The fourth-order valence-electron chi connectivity index (χ4n) is 2.52. The number of nitrogens with one attached hydrogen (secondary N) is 1. The van der Waals surface area contributed by atoms with E-state index in [-0.39, 0.29) is 6.04 Å². The molecule has 2 aromatic rings. The third kappa shape index (κ3) is 2.85. The van der Waals surface area contributed by atoms with Gasteiger partial charge in [0.05, 0.1) is 22.4 Å². The van der Waals surface area contributed by atoms with Crippen molar-refractivity contribution in [1.82, 2.24) is 15.1 Å². The minimum absolute atomic E-state index is 0.123. The van der Waals surface area contributed by atoms with E-state index in [0.717, 1.165) is 16.7 Å². The topological polar surface area (TPSA) is 29.9 Å². The summed E-state index contributed by atoms with van der Waals surface area (Å²) in [5.74, 6) is 0. The van der Waals surface area contributed by atoms with E-state index in [0.29, 0.717) is 0 Å². The number of benzene rings is 1. The maximum atomic E-state index is 4.41. The van der Waals surface area contributed by atoms with Crippen molar-refractivity contribution < 1.29 is 0 Å². The monoisotopic (exact) mass is 399 g/mol. The van der Waals surface area contributed by atoms with Crippen LogP contribution in [0.2, 0.25) is 0 Å². The van der Waals surface area contributed by atoms with Gasteiger partial charge in [0.25, 0.3) is 0 Å². The number of aryl methyl sites for hydroxylation is 3. The number of rotatable bonds is 4. The third-order valence-corrected chi connectivity index (χ3v) is 5.35. The fourth-order valence-corrected chi connectivity index (χ4v) is 3.27. The van der Waals surface area contributed by atoms with Gasteiger partial charge >= 0.3 is 0 Å². The maximum Gasteiger partial charge on any atom is 0.0757 e. The van der Waals surface area contributed by atoms with E-state index in [2.05, 4.69) is 75.2 Å². The first-order valence-corrected chi connectivity index (χ1v) is 8.23. The predicted molar refractivity (Wildman–Crippen MR) is 90.1 cm³/mol. The van der Waals surface area contributed by atoms with Crippen molar-refractivity contribution in [3.05, 3.63) is 49.7 Å². The molecule has 0 aliphatic heterocycles. The van der Waals surface area contributed by atoms with Crippen molar-refractivity contribution in [2.24, 2.45) is 0 Å². The molecule has 1 atom stereocenters. The molecule has 2 rings (SSSR count). The van der Waals surface area contributed by atoms with Crippen molar-refractivity contribution in [2.75, 3.05) is 7.05 Å². The number of nitrogens with zero attached hydrogens (tertiary/aromatic N) is 2. The van der Waals surface area contributed by atoms with Crippen LogP contribution in [0.25, 0.3) is 0 Å². The van der Waals surface area contributed by atoms with Gasteiger partial charge in [-0.2, -0.15) is 5.10 Å². The smallest absolute Gasteiger partial charge is 0.0757 e. The summed E-state index contributed by atoms with van der Waals surface area (Å²) >= 11 is 7.24. The Labute approximate surface area is 137 Å². The van der Waals surface area contributed by atoms with Gasteiger partial charge in [-0.15, -0.1) is 0 Å². The van der Waals surface area contributed by atoms with E-state index < -0.39 is 0 Å². The van der Waals surface area contributed by atoms with Crippen molar-refractivity contribution in [3.63, 3.8) is 0 Å². The summed E-state index contributed by atoms with van der Waals surface area (Å²) in [6, 6.07) is 4.56. The lowest BCUT2D eigenvalue weighted by atomic mass is 9.99. The van der Waals surface area contributed by atoms with Crippen molar-refractivity contribution in [2.45, 2.75) is 33.4 Å². The zero-order valence-corrected chi connectivity index (χ0v) is 15.3. The molecule has 0 aliphatic carbocycles. The molecule has 1 unspecified atom stereocenters. The second-order valence-corrected chi connectivity index (χ2v) is 6.53. The Hall–Kier alpha value is -0.650. The lowest BCUT2D eigenvalue weighted by Crippen LogP contribution is -2.22. The summed E-state index contributed by atoms with van der Waals surface area (Å²) in [5, 5.41) is 7.82. The van der Waals surface area contributed by atoms with E-state index in [1.165, 1.54) is 21.2 Å². The number of halogens is 2. The highest BCUT2D eigenvalue weighted by Crippen LogP contribution is 2.32. The van der Waals surface area contributed by atoms with E-state index in [1.807, 2.05) is 17.9 Å². The van der Waals surface area contributed by atoms with E-state index in [1.54, 1.807) is 0 Å². The minimum Gasteiger partial charge on any atom is -0.308 e.